The van der Waals surface area contributed by atoms with Crippen LogP contribution in [-0.4, -0.2) is 14.8 Å². The predicted octanol–water partition coefficient (Wildman–Crippen LogP) is 1.60. The Labute approximate surface area is 105 Å². The molecule has 2 N–H and O–H groups in total. The summed E-state index contributed by atoms with van der Waals surface area (Å²) >= 11 is 0. The SMILES string of the molecule is Cc1c(O)c(=O)ccn1C[C@H](O)c1ccccc1. The van der Waals surface area contributed by atoms with Gasteiger partial charge in [-0.15, -0.1) is 0 Å². The molecule has 1 heterocycles. The van der Waals surface area contributed by atoms with E-state index in [1.54, 1.807) is 17.7 Å². The molecule has 4 heteroatoms. The maximum atomic E-state index is 11.2. The predicted molar refractivity (Wildman–Crippen MR) is 68.5 cm³/mol. The summed E-state index contributed by atoms with van der Waals surface area (Å²) in [7, 11) is 0. The van der Waals surface area contributed by atoms with E-state index in [-0.39, 0.29) is 5.75 Å². The average Bonchev–Trinajstić information content (AvgIpc) is 2.40. The number of nitrogens with zero attached hydrogens (tertiary/aromatic N) is 1. The normalized spacial score (nSPS) is 12.3. The van der Waals surface area contributed by atoms with Gasteiger partial charge in [0.2, 0.25) is 5.43 Å². The van der Waals surface area contributed by atoms with E-state index in [4.69, 9.17) is 0 Å². The molecule has 94 valence electrons. The van der Waals surface area contributed by atoms with Crippen molar-refractivity contribution < 1.29 is 10.2 Å². The zero-order chi connectivity index (χ0) is 13.1. The molecule has 0 unspecified atom stereocenters. The smallest absolute Gasteiger partial charge is 0.223 e. The van der Waals surface area contributed by atoms with Crippen molar-refractivity contribution in [1.82, 2.24) is 4.57 Å². The Morgan fingerprint density at radius 3 is 2.56 bits per heavy atom. The molecule has 2 aromatic rings. The van der Waals surface area contributed by atoms with Gasteiger partial charge in [0.05, 0.1) is 18.3 Å². The molecule has 18 heavy (non-hydrogen) atoms. The molecule has 0 fully saturated rings. The first-order valence-electron chi connectivity index (χ1n) is 5.71. The second-order valence-electron chi connectivity index (χ2n) is 4.19. The first-order chi connectivity index (χ1) is 8.59. The fourth-order valence-corrected chi connectivity index (χ4v) is 1.83. The van der Waals surface area contributed by atoms with Crippen molar-refractivity contribution in [2.45, 2.75) is 19.6 Å². The molecule has 0 saturated heterocycles. The topological polar surface area (TPSA) is 62.5 Å². The molecule has 2 rings (SSSR count). The average molecular weight is 245 g/mol. The van der Waals surface area contributed by atoms with E-state index in [0.717, 1.165) is 5.56 Å². The minimum atomic E-state index is -0.674. The van der Waals surface area contributed by atoms with E-state index in [0.29, 0.717) is 12.2 Å². The van der Waals surface area contributed by atoms with Crippen molar-refractivity contribution in [3.8, 4) is 5.75 Å². The second-order valence-corrected chi connectivity index (χ2v) is 4.19. The molecule has 1 atom stereocenters. The molecule has 4 nitrogen and oxygen atoms in total. The van der Waals surface area contributed by atoms with Gasteiger partial charge in [-0.2, -0.15) is 0 Å². The lowest BCUT2D eigenvalue weighted by Crippen LogP contribution is -2.14. The number of pyridine rings is 1. The molecule has 0 amide bonds. The number of hydrogen-bond donors (Lipinski definition) is 2. The molecule has 1 aromatic carbocycles. The zero-order valence-corrected chi connectivity index (χ0v) is 10.1. The van der Waals surface area contributed by atoms with E-state index in [2.05, 4.69) is 0 Å². The largest absolute Gasteiger partial charge is 0.503 e. The van der Waals surface area contributed by atoms with Crippen molar-refractivity contribution in [2.24, 2.45) is 0 Å². The molecule has 0 radical (unpaired) electrons. The fourth-order valence-electron chi connectivity index (χ4n) is 1.83. The summed E-state index contributed by atoms with van der Waals surface area (Å²) in [5, 5.41) is 19.6. The van der Waals surface area contributed by atoms with Crippen LogP contribution in [0.1, 0.15) is 17.4 Å². The van der Waals surface area contributed by atoms with E-state index >= 15 is 0 Å². The molecule has 0 bridgehead atoms. The number of hydrogen-bond acceptors (Lipinski definition) is 3. The Morgan fingerprint density at radius 1 is 1.22 bits per heavy atom. The Balaban J connectivity index is 2.25. The van der Waals surface area contributed by atoms with Crippen LogP contribution in [0.4, 0.5) is 0 Å². The minimum absolute atomic E-state index is 0.266. The number of aliphatic hydroxyl groups is 1. The summed E-state index contributed by atoms with van der Waals surface area (Å²) in [5.74, 6) is -0.266. The third-order valence-electron chi connectivity index (χ3n) is 2.97. The van der Waals surface area contributed by atoms with Gasteiger partial charge in [-0.1, -0.05) is 30.3 Å². The summed E-state index contributed by atoms with van der Waals surface area (Å²) in [4.78, 5) is 11.2. The van der Waals surface area contributed by atoms with E-state index in [1.165, 1.54) is 6.07 Å². The van der Waals surface area contributed by atoms with Crippen molar-refractivity contribution in [3.63, 3.8) is 0 Å². The highest BCUT2D eigenvalue weighted by atomic mass is 16.3. The number of aromatic hydroxyl groups is 1. The fraction of sp³-hybridized carbons (Fsp3) is 0.214. The van der Waals surface area contributed by atoms with E-state index in [1.807, 2.05) is 30.3 Å². The summed E-state index contributed by atoms with van der Waals surface area (Å²) < 4.78 is 1.66. The maximum absolute atomic E-state index is 11.2. The maximum Gasteiger partial charge on any atom is 0.223 e. The van der Waals surface area contributed by atoms with Crippen LogP contribution in [0.2, 0.25) is 0 Å². The third-order valence-corrected chi connectivity index (χ3v) is 2.97. The summed E-state index contributed by atoms with van der Waals surface area (Å²) in [6.45, 7) is 1.94. The number of rotatable bonds is 3. The van der Waals surface area contributed by atoms with Crippen LogP contribution in [0.3, 0.4) is 0 Å². The standard InChI is InChI=1S/C14H15NO3/c1-10-14(18)12(16)7-8-15(10)9-13(17)11-5-3-2-4-6-11/h2-8,13,17-18H,9H2,1H3/t13-/m0/s1. The summed E-state index contributed by atoms with van der Waals surface area (Å²) in [5.41, 5.74) is 0.852. The first-order valence-corrected chi connectivity index (χ1v) is 5.71. The van der Waals surface area contributed by atoms with E-state index in [9.17, 15) is 15.0 Å². The highest BCUT2D eigenvalue weighted by molar-refractivity contribution is 5.25. The number of benzene rings is 1. The first kappa shape index (κ1) is 12.4. The van der Waals surface area contributed by atoms with Crippen LogP contribution in [-0.2, 0) is 6.54 Å². The molecule has 0 aliphatic carbocycles. The van der Waals surface area contributed by atoms with Crippen LogP contribution >= 0.6 is 0 Å². The Morgan fingerprint density at radius 2 is 1.89 bits per heavy atom. The number of aromatic nitrogens is 1. The molecular formula is C14H15NO3. The molecule has 0 aliphatic heterocycles. The van der Waals surface area contributed by atoms with Crippen molar-refractivity contribution in [1.29, 1.82) is 0 Å². The number of aliphatic hydroxyl groups excluding tert-OH is 1. The van der Waals surface area contributed by atoms with Gasteiger partial charge in [0, 0.05) is 12.3 Å². The van der Waals surface area contributed by atoms with Gasteiger partial charge in [-0.25, -0.2) is 0 Å². The van der Waals surface area contributed by atoms with Crippen LogP contribution in [0.5, 0.6) is 5.75 Å². The molecule has 0 saturated carbocycles. The van der Waals surface area contributed by atoms with Gasteiger partial charge in [0.1, 0.15) is 0 Å². The van der Waals surface area contributed by atoms with Crippen molar-refractivity contribution in [2.75, 3.05) is 0 Å². The van der Waals surface area contributed by atoms with Gasteiger partial charge in [-0.05, 0) is 12.5 Å². The molecule has 0 aliphatic rings. The summed E-state index contributed by atoms with van der Waals surface area (Å²) in [6.07, 6.45) is 0.899. The highest BCUT2D eigenvalue weighted by Crippen LogP contribution is 2.17. The monoisotopic (exact) mass is 245 g/mol. The highest BCUT2D eigenvalue weighted by Gasteiger charge is 2.11. The Bertz CT molecular complexity index is 590. The van der Waals surface area contributed by atoms with Gasteiger partial charge in [0.25, 0.3) is 0 Å². The molecule has 1 aromatic heterocycles. The van der Waals surface area contributed by atoms with Crippen LogP contribution in [0, 0.1) is 6.92 Å². The minimum Gasteiger partial charge on any atom is -0.503 e. The second kappa shape index (κ2) is 5.06. The van der Waals surface area contributed by atoms with Crippen molar-refractivity contribution in [3.05, 3.63) is 64.1 Å². The van der Waals surface area contributed by atoms with Crippen LogP contribution in [0.25, 0.3) is 0 Å². The molecular weight excluding hydrogens is 230 g/mol. The van der Waals surface area contributed by atoms with Gasteiger partial charge in [0.15, 0.2) is 5.75 Å². The van der Waals surface area contributed by atoms with Gasteiger partial charge >= 0.3 is 0 Å². The van der Waals surface area contributed by atoms with Crippen LogP contribution in [0.15, 0.2) is 47.4 Å². The third kappa shape index (κ3) is 2.43. The Kier molecular flexibility index (Phi) is 3.48. The lowest BCUT2D eigenvalue weighted by atomic mass is 10.1. The quantitative estimate of drug-likeness (QED) is 0.863. The lowest BCUT2D eigenvalue weighted by molar-refractivity contribution is 0.155. The lowest BCUT2D eigenvalue weighted by Gasteiger charge is -2.16. The Hall–Kier alpha value is -2.07. The van der Waals surface area contributed by atoms with Crippen LogP contribution < -0.4 is 5.43 Å². The zero-order valence-electron chi connectivity index (χ0n) is 10.1. The van der Waals surface area contributed by atoms with Gasteiger partial charge < -0.3 is 14.8 Å². The van der Waals surface area contributed by atoms with Gasteiger partial charge in [-0.3, -0.25) is 4.79 Å². The summed E-state index contributed by atoms with van der Waals surface area (Å²) in [6, 6.07) is 10.6. The van der Waals surface area contributed by atoms with E-state index < -0.39 is 11.5 Å². The molecule has 0 spiro atoms. The van der Waals surface area contributed by atoms with Crippen molar-refractivity contribution >= 4 is 0 Å².